The first-order valence-electron chi connectivity index (χ1n) is 8.17. The molecule has 4 heteroatoms. The van der Waals surface area contributed by atoms with Gasteiger partial charge >= 0.3 is 0 Å². The molecule has 2 heterocycles. The van der Waals surface area contributed by atoms with Crippen LogP contribution in [0.1, 0.15) is 51.4 Å². The minimum atomic E-state index is 0.170. The van der Waals surface area contributed by atoms with E-state index in [4.69, 9.17) is 10.6 Å². The molecule has 0 aromatic heterocycles. The summed E-state index contributed by atoms with van der Waals surface area (Å²) >= 11 is 2.05. The van der Waals surface area contributed by atoms with Gasteiger partial charge in [-0.05, 0) is 63.0 Å². The molecule has 0 aromatic rings. The molecule has 114 valence electrons. The zero-order valence-electron chi connectivity index (χ0n) is 12.4. The smallest absolute Gasteiger partial charge is 0.0783 e. The predicted octanol–water partition coefficient (Wildman–Crippen LogP) is 3.01. The Morgan fingerprint density at radius 2 is 2.45 bits per heavy atom. The van der Waals surface area contributed by atoms with Gasteiger partial charge in [-0.3, -0.25) is 11.3 Å². The Bertz CT molecular complexity index is 352. The molecule has 3 nitrogen and oxygen atoms in total. The highest BCUT2D eigenvalue weighted by Gasteiger charge is 2.42. The lowest BCUT2D eigenvalue weighted by molar-refractivity contribution is -0.0851. The Morgan fingerprint density at radius 3 is 3.15 bits per heavy atom. The number of nitrogens with two attached hydrogens (primary N) is 1. The molecule has 1 spiro atoms. The SMILES string of the molecule is NNC(CC1=CCCCC1)C1CCOC2(CCSC2)C1. The highest BCUT2D eigenvalue weighted by molar-refractivity contribution is 7.99. The lowest BCUT2D eigenvalue weighted by Gasteiger charge is -2.41. The largest absolute Gasteiger partial charge is 0.374 e. The van der Waals surface area contributed by atoms with Crippen molar-refractivity contribution in [2.75, 3.05) is 18.1 Å². The van der Waals surface area contributed by atoms with Crippen LogP contribution in [0.5, 0.6) is 0 Å². The van der Waals surface area contributed by atoms with Crippen molar-refractivity contribution in [1.29, 1.82) is 0 Å². The maximum atomic E-state index is 6.14. The van der Waals surface area contributed by atoms with Crippen molar-refractivity contribution >= 4 is 11.8 Å². The molecule has 20 heavy (non-hydrogen) atoms. The molecule has 0 radical (unpaired) electrons. The van der Waals surface area contributed by atoms with E-state index in [-0.39, 0.29) is 5.60 Å². The monoisotopic (exact) mass is 296 g/mol. The van der Waals surface area contributed by atoms with Gasteiger partial charge in [0.15, 0.2) is 0 Å². The standard InChI is InChI=1S/C16H28N2OS/c17-18-15(10-13-4-2-1-3-5-13)14-6-8-19-16(11-14)7-9-20-12-16/h4,14-15,18H,1-3,5-12,17H2. The van der Waals surface area contributed by atoms with E-state index in [9.17, 15) is 0 Å². The molecule has 3 unspecified atom stereocenters. The van der Waals surface area contributed by atoms with Crippen molar-refractivity contribution < 1.29 is 4.74 Å². The summed E-state index contributed by atoms with van der Waals surface area (Å²) < 4.78 is 6.14. The minimum Gasteiger partial charge on any atom is -0.374 e. The molecule has 0 aromatic carbocycles. The topological polar surface area (TPSA) is 47.3 Å². The molecular formula is C16H28N2OS. The lowest BCUT2D eigenvalue weighted by Crippen LogP contribution is -2.49. The van der Waals surface area contributed by atoms with E-state index in [0.29, 0.717) is 12.0 Å². The van der Waals surface area contributed by atoms with Crippen molar-refractivity contribution in [1.82, 2.24) is 5.43 Å². The second kappa shape index (κ2) is 6.82. The lowest BCUT2D eigenvalue weighted by atomic mass is 9.78. The van der Waals surface area contributed by atoms with Gasteiger partial charge in [0.25, 0.3) is 0 Å². The van der Waals surface area contributed by atoms with Gasteiger partial charge < -0.3 is 4.74 Å². The number of allylic oxidation sites excluding steroid dienone is 1. The van der Waals surface area contributed by atoms with E-state index < -0.39 is 0 Å². The first kappa shape index (κ1) is 14.9. The molecule has 3 N–H and O–H groups in total. The first-order chi connectivity index (χ1) is 9.81. The van der Waals surface area contributed by atoms with Crippen LogP contribution in [0.3, 0.4) is 0 Å². The summed E-state index contributed by atoms with van der Waals surface area (Å²) in [4.78, 5) is 0. The number of hydrogen-bond donors (Lipinski definition) is 2. The van der Waals surface area contributed by atoms with Crippen LogP contribution in [0.4, 0.5) is 0 Å². The summed E-state index contributed by atoms with van der Waals surface area (Å²) in [5, 5.41) is 0. The molecule has 2 fully saturated rings. The third kappa shape index (κ3) is 3.41. The Morgan fingerprint density at radius 1 is 1.50 bits per heavy atom. The Hall–Kier alpha value is -0.0300. The average Bonchev–Trinajstić information content (AvgIpc) is 2.93. The maximum absolute atomic E-state index is 6.14. The van der Waals surface area contributed by atoms with Crippen molar-refractivity contribution in [2.24, 2.45) is 11.8 Å². The van der Waals surface area contributed by atoms with Crippen LogP contribution in [0.25, 0.3) is 0 Å². The fourth-order valence-corrected chi connectivity index (χ4v) is 5.38. The molecule has 0 bridgehead atoms. The van der Waals surface area contributed by atoms with Gasteiger partial charge in [0, 0.05) is 18.4 Å². The van der Waals surface area contributed by atoms with E-state index in [1.54, 1.807) is 5.57 Å². The Labute approximate surface area is 127 Å². The molecule has 1 aliphatic carbocycles. The van der Waals surface area contributed by atoms with Crippen LogP contribution >= 0.6 is 11.8 Å². The molecule has 3 rings (SSSR count). The number of thioether (sulfide) groups is 1. The zero-order valence-corrected chi connectivity index (χ0v) is 13.2. The van der Waals surface area contributed by atoms with Crippen molar-refractivity contribution in [3.63, 3.8) is 0 Å². The highest BCUT2D eigenvalue weighted by Crippen LogP contribution is 2.42. The Kier molecular flexibility index (Phi) is 5.08. The zero-order chi connectivity index (χ0) is 13.8. The number of hydrogen-bond acceptors (Lipinski definition) is 4. The van der Waals surface area contributed by atoms with Crippen molar-refractivity contribution in [3.05, 3.63) is 11.6 Å². The summed E-state index contributed by atoms with van der Waals surface area (Å²) in [6.45, 7) is 0.919. The minimum absolute atomic E-state index is 0.170. The molecular weight excluding hydrogens is 268 g/mol. The Balaban J connectivity index is 1.61. The van der Waals surface area contributed by atoms with Gasteiger partial charge in [0.2, 0.25) is 0 Å². The van der Waals surface area contributed by atoms with Gasteiger partial charge in [0.1, 0.15) is 0 Å². The van der Waals surface area contributed by atoms with E-state index >= 15 is 0 Å². The fraction of sp³-hybridized carbons (Fsp3) is 0.875. The second-order valence-corrected chi connectivity index (χ2v) is 7.78. The number of nitrogens with one attached hydrogen (secondary N) is 1. The van der Waals surface area contributed by atoms with Crippen molar-refractivity contribution in [3.8, 4) is 0 Å². The van der Waals surface area contributed by atoms with Crippen LogP contribution in [0, 0.1) is 5.92 Å². The quantitative estimate of drug-likeness (QED) is 0.475. The molecule has 3 aliphatic rings. The summed E-state index contributed by atoms with van der Waals surface area (Å²) in [5.74, 6) is 9.01. The summed E-state index contributed by atoms with van der Waals surface area (Å²) in [5.41, 5.74) is 4.92. The summed E-state index contributed by atoms with van der Waals surface area (Å²) in [7, 11) is 0. The van der Waals surface area contributed by atoms with Crippen LogP contribution in [-0.4, -0.2) is 29.8 Å². The second-order valence-electron chi connectivity index (χ2n) is 6.67. The highest BCUT2D eigenvalue weighted by atomic mass is 32.2. The summed E-state index contributed by atoms with van der Waals surface area (Å²) in [6.07, 6.45) is 12.5. The average molecular weight is 296 g/mol. The van der Waals surface area contributed by atoms with Gasteiger partial charge in [0.05, 0.1) is 5.60 Å². The van der Waals surface area contributed by atoms with E-state index in [1.807, 2.05) is 11.8 Å². The fourth-order valence-electron chi connectivity index (χ4n) is 4.01. The predicted molar refractivity (Wildman–Crippen MR) is 85.6 cm³/mol. The number of hydrazine groups is 1. The molecule has 0 amide bonds. The number of ether oxygens (including phenoxy) is 1. The summed E-state index contributed by atoms with van der Waals surface area (Å²) in [6, 6.07) is 0.436. The van der Waals surface area contributed by atoms with E-state index in [0.717, 1.165) is 19.4 Å². The van der Waals surface area contributed by atoms with Crippen LogP contribution in [0.15, 0.2) is 11.6 Å². The van der Waals surface area contributed by atoms with Crippen molar-refractivity contribution in [2.45, 2.75) is 63.0 Å². The third-order valence-corrected chi connectivity index (χ3v) is 6.47. The molecule has 3 atom stereocenters. The third-order valence-electron chi connectivity index (χ3n) is 5.25. The maximum Gasteiger partial charge on any atom is 0.0783 e. The van der Waals surface area contributed by atoms with Gasteiger partial charge in [-0.25, -0.2) is 0 Å². The normalized spacial score (nSPS) is 36.0. The van der Waals surface area contributed by atoms with Gasteiger partial charge in [-0.1, -0.05) is 11.6 Å². The van der Waals surface area contributed by atoms with E-state index in [2.05, 4.69) is 11.5 Å². The van der Waals surface area contributed by atoms with Crippen LogP contribution in [0.2, 0.25) is 0 Å². The van der Waals surface area contributed by atoms with Crippen LogP contribution in [-0.2, 0) is 4.74 Å². The number of rotatable bonds is 4. The van der Waals surface area contributed by atoms with Crippen LogP contribution < -0.4 is 11.3 Å². The molecule has 2 aliphatic heterocycles. The van der Waals surface area contributed by atoms with Gasteiger partial charge in [-0.15, -0.1) is 0 Å². The molecule has 0 saturated carbocycles. The van der Waals surface area contributed by atoms with Gasteiger partial charge in [-0.2, -0.15) is 11.8 Å². The molecule has 2 saturated heterocycles. The first-order valence-corrected chi connectivity index (χ1v) is 9.32. The van der Waals surface area contributed by atoms with E-state index in [1.165, 1.54) is 50.0 Å².